The molecular weight excluding hydrogens is 298 g/mol. The molecule has 0 aliphatic heterocycles. The summed E-state index contributed by atoms with van der Waals surface area (Å²) in [5.74, 6) is -0.683. The molecule has 1 rings (SSSR count). The Morgan fingerprint density at radius 1 is 1.29 bits per heavy atom. The lowest BCUT2D eigenvalue weighted by Gasteiger charge is -2.04. The summed E-state index contributed by atoms with van der Waals surface area (Å²) in [5, 5.41) is 7.33. The minimum Gasteiger partial charge on any atom is -0.462 e. The van der Waals surface area contributed by atoms with Gasteiger partial charge >= 0.3 is 12.0 Å². The first-order valence-electron chi connectivity index (χ1n) is 5.90. The molecule has 0 unspecified atom stereocenters. The third kappa shape index (κ3) is 5.32. The van der Waals surface area contributed by atoms with E-state index in [-0.39, 0.29) is 17.2 Å². The Morgan fingerprint density at radius 3 is 2.33 bits per heavy atom. The quantitative estimate of drug-likeness (QED) is 0.630. The number of nitrogens with two attached hydrogens (primary N) is 1. The van der Waals surface area contributed by atoms with Gasteiger partial charge in [-0.05, 0) is 38.1 Å². The number of esters is 1. The minimum absolute atomic E-state index is 0.0771. The Labute approximate surface area is 122 Å². The van der Waals surface area contributed by atoms with Crippen LogP contribution in [0.4, 0.5) is 10.5 Å². The molecule has 0 atom stereocenters. The second kappa shape index (κ2) is 6.95. The summed E-state index contributed by atoms with van der Waals surface area (Å²) in [6.07, 6.45) is 0. The SMILES string of the molecule is CCOC(=O)C(C)=NC(=O)Nc1ccc(S(N)(=O)=O)cc1. The topological polar surface area (TPSA) is 128 Å². The summed E-state index contributed by atoms with van der Waals surface area (Å²) in [4.78, 5) is 26.3. The fourth-order valence-electron chi connectivity index (χ4n) is 1.31. The number of amides is 2. The van der Waals surface area contributed by atoms with E-state index in [1.54, 1.807) is 6.92 Å². The van der Waals surface area contributed by atoms with Crippen LogP contribution in [0.5, 0.6) is 0 Å². The molecule has 2 amide bonds. The number of aliphatic imine (C=N–C) groups is 1. The number of benzene rings is 1. The van der Waals surface area contributed by atoms with Gasteiger partial charge in [0, 0.05) is 5.69 Å². The molecule has 1 aromatic rings. The number of nitrogens with zero attached hydrogens (tertiary/aromatic N) is 1. The lowest BCUT2D eigenvalue weighted by Crippen LogP contribution is -2.18. The van der Waals surface area contributed by atoms with Crippen molar-refractivity contribution in [3.05, 3.63) is 24.3 Å². The van der Waals surface area contributed by atoms with E-state index in [0.717, 1.165) is 0 Å². The number of rotatable bonds is 4. The highest BCUT2D eigenvalue weighted by Crippen LogP contribution is 2.12. The molecule has 0 fully saturated rings. The van der Waals surface area contributed by atoms with Crippen LogP contribution >= 0.6 is 0 Å². The van der Waals surface area contributed by atoms with Gasteiger partial charge in [-0.2, -0.15) is 4.99 Å². The summed E-state index contributed by atoms with van der Waals surface area (Å²) in [6, 6.07) is 4.42. The third-order valence-corrected chi connectivity index (χ3v) is 3.20. The van der Waals surface area contributed by atoms with Crippen molar-refractivity contribution in [2.24, 2.45) is 10.1 Å². The van der Waals surface area contributed by atoms with Gasteiger partial charge < -0.3 is 10.1 Å². The summed E-state index contributed by atoms with van der Waals surface area (Å²) < 4.78 is 26.8. The molecular formula is C12H15N3O5S. The Hall–Kier alpha value is -2.26. The van der Waals surface area contributed by atoms with E-state index in [0.29, 0.717) is 5.69 Å². The zero-order valence-corrected chi connectivity index (χ0v) is 12.3. The second-order valence-corrected chi connectivity index (χ2v) is 5.48. The number of carbonyl (C=O) groups is 2. The fraction of sp³-hybridized carbons (Fsp3) is 0.250. The molecule has 0 aromatic heterocycles. The number of sulfonamides is 1. The number of hydrogen-bond acceptors (Lipinski definition) is 5. The van der Waals surface area contributed by atoms with E-state index in [2.05, 4.69) is 15.0 Å². The maximum atomic E-state index is 11.6. The van der Waals surface area contributed by atoms with Gasteiger partial charge in [-0.15, -0.1) is 0 Å². The molecule has 21 heavy (non-hydrogen) atoms. The van der Waals surface area contributed by atoms with Crippen LogP contribution in [0.3, 0.4) is 0 Å². The minimum atomic E-state index is -3.79. The molecule has 8 nitrogen and oxygen atoms in total. The molecule has 0 spiro atoms. The fourth-order valence-corrected chi connectivity index (χ4v) is 1.83. The Bertz CT molecular complexity index is 665. The zero-order valence-electron chi connectivity index (χ0n) is 11.5. The highest BCUT2D eigenvalue weighted by molar-refractivity contribution is 7.89. The van der Waals surface area contributed by atoms with Crippen LogP contribution in [-0.4, -0.2) is 32.7 Å². The number of urea groups is 1. The smallest absolute Gasteiger partial charge is 0.352 e. The first kappa shape index (κ1) is 16.8. The highest BCUT2D eigenvalue weighted by atomic mass is 32.2. The third-order valence-electron chi connectivity index (χ3n) is 2.27. The molecule has 0 aliphatic carbocycles. The first-order chi connectivity index (χ1) is 9.74. The predicted octanol–water partition coefficient (Wildman–Crippen LogP) is 0.890. The van der Waals surface area contributed by atoms with Crippen LogP contribution < -0.4 is 10.5 Å². The van der Waals surface area contributed by atoms with Gasteiger partial charge in [0.1, 0.15) is 5.71 Å². The van der Waals surface area contributed by atoms with E-state index < -0.39 is 22.0 Å². The van der Waals surface area contributed by atoms with Gasteiger partial charge in [0.2, 0.25) is 10.0 Å². The average Bonchev–Trinajstić information content (AvgIpc) is 2.38. The van der Waals surface area contributed by atoms with Crippen LogP contribution in [-0.2, 0) is 19.6 Å². The molecule has 0 aliphatic rings. The molecule has 9 heteroatoms. The molecule has 0 bridgehead atoms. The number of nitrogens with one attached hydrogen (secondary N) is 1. The summed E-state index contributed by atoms with van der Waals surface area (Å²) in [6.45, 7) is 3.17. The lowest BCUT2D eigenvalue weighted by molar-refractivity contribution is -0.135. The van der Waals surface area contributed by atoms with E-state index in [1.807, 2.05) is 0 Å². The largest absolute Gasteiger partial charge is 0.462 e. The molecule has 3 N–H and O–H groups in total. The van der Waals surface area contributed by atoms with Crippen LogP contribution in [0.2, 0.25) is 0 Å². The van der Waals surface area contributed by atoms with E-state index in [1.165, 1.54) is 31.2 Å². The molecule has 0 saturated heterocycles. The Morgan fingerprint density at radius 2 is 1.86 bits per heavy atom. The van der Waals surface area contributed by atoms with Crippen molar-refractivity contribution in [3.8, 4) is 0 Å². The van der Waals surface area contributed by atoms with E-state index in [4.69, 9.17) is 5.14 Å². The van der Waals surface area contributed by atoms with Gasteiger partial charge in [0.25, 0.3) is 0 Å². The van der Waals surface area contributed by atoms with Crippen molar-refractivity contribution in [1.82, 2.24) is 0 Å². The molecule has 0 radical (unpaired) electrons. The van der Waals surface area contributed by atoms with Crippen LogP contribution in [0.1, 0.15) is 13.8 Å². The van der Waals surface area contributed by atoms with Crippen LogP contribution in [0.15, 0.2) is 34.2 Å². The van der Waals surface area contributed by atoms with Crippen molar-refractivity contribution >= 4 is 33.4 Å². The summed E-state index contributed by atoms with van der Waals surface area (Å²) >= 11 is 0. The Balaban J connectivity index is 2.76. The van der Waals surface area contributed by atoms with Gasteiger partial charge in [0.05, 0.1) is 11.5 Å². The van der Waals surface area contributed by atoms with Crippen molar-refractivity contribution in [2.75, 3.05) is 11.9 Å². The highest BCUT2D eigenvalue weighted by Gasteiger charge is 2.10. The van der Waals surface area contributed by atoms with Crippen molar-refractivity contribution in [1.29, 1.82) is 0 Å². The standard InChI is InChI=1S/C12H15N3O5S/c1-3-20-11(16)8(2)14-12(17)15-9-4-6-10(7-5-9)21(13,18)19/h4-7H,3H2,1-2H3,(H,15,17)(H2,13,18,19). The van der Waals surface area contributed by atoms with Crippen molar-refractivity contribution in [2.45, 2.75) is 18.7 Å². The van der Waals surface area contributed by atoms with Crippen molar-refractivity contribution in [3.63, 3.8) is 0 Å². The van der Waals surface area contributed by atoms with Gasteiger partial charge in [-0.1, -0.05) is 0 Å². The van der Waals surface area contributed by atoms with Gasteiger partial charge in [0.15, 0.2) is 0 Å². The number of primary sulfonamides is 1. The first-order valence-corrected chi connectivity index (χ1v) is 7.45. The molecule has 114 valence electrons. The number of carbonyl (C=O) groups excluding carboxylic acids is 2. The predicted molar refractivity (Wildman–Crippen MR) is 76.6 cm³/mol. The van der Waals surface area contributed by atoms with E-state index >= 15 is 0 Å². The normalized spacial score (nSPS) is 11.9. The molecule has 0 heterocycles. The van der Waals surface area contributed by atoms with Gasteiger partial charge in [-0.3, -0.25) is 0 Å². The molecule has 0 saturated carbocycles. The summed E-state index contributed by atoms with van der Waals surface area (Å²) in [5.41, 5.74) is 0.225. The van der Waals surface area contributed by atoms with Crippen LogP contribution in [0.25, 0.3) is 0 Å². The van der Waals surface area contributed by atoms with Gasteiger partial charge in [-0.25, -0.2) is 23.1 Å². The number of hydrogen-bond donors (Lipinski definition) is 2. The average molecular weight is 313 g/mol. The van der Waals surface area contributed by atoms with Crippen LogP contribution in [0, 0.1) is 0 Å². The maximum Gasteiger partial charge on any atom is 0.352 e. The monoisotopic (exact) mass is 313 g/mol. The zero-order chi connectivity index (χ0) is 16.0. The second-order valence-electron chi connectivity index (χ2n) is 3.92. The Kier molecular flexibility index (Phi) is 5.56. The number of ether oxygens (including phenoxy) is 1. The molecule has 1 aromatic carbocycles. The van der Waals surface area contributed by atoms with Crippen molar-refractivity contribution < 1.29 is 22.7 Å². The summed E-state index contributed by atoms with van der Waals surface area (Å²) in [7, 11) is -3.79. The number of anilines is 1. The van der Waals surface area contributed by atoms with E-state index in [9.17, 15) is 18.0 Å². The lowest BCUT2D eigenvalue weighted by atomic mass is 10.3. The maximum absolute atomic E-state index is 11.6.